The predicted molar refractivity (Wildman–Crippen MR) is 98.5 cm³/mol. The molecule has 0 saturated carbocycles. The van der Waals surface area contributed by atoms with Crippen molar-refractivity contribution in [1.29, 1.82) is 0 Å². The molecule has 2 N–H and O–H groups in total. The Kier molecular flexibility index (Phi) is 3.64. The second-order valence-corrected chi connectivity index (χ2v) is 7.47. The Balaban J connectivity index is 1.54. The molecule has 3 atom stereocenters. The van der Waals surface area contributed by atoms with Crippen molar-refractivity contribution < 1.29 is 14.6 Å². The van der Waals surface area contributed by atoms with E-state index in [1.165, 1.54) is 18.4 Å². The summed E-state index contributed by atoms with van der Waals surface area (Å²) in [5, 5.41) is 13.6. The minimum Gasteiger partial charge on any atom is -0.508 e. The summed E-state index contributed by atoms with van der Waals surface area (Å²) < 4.78 is 5.81. The highest BCUT2D eigenvalue weighted by atomic mass is 16.5. The first-order valence-corrected chi connectivity index (χ1v) is 9.32. The molecule has 3 heterocycles. The van der Waals surface area contributed by atoms with Crippen molar-refractivity contribution in [2.24, 2.45) is 0 Å². The van der Waals surface area contributed by atoms with Crippen LogP contribution in [-0.4, -0.2) is 41.7 Å². The zero-order chi connectivity index (χ0) is 17.7. The summed E-state index contributed by atoms with van der Waals surface area (Å²) in [6, 6.07) is 13.3. The molecule has 0 spiro atoms. The molecule has 0 aliphatic carbocycles. The number of carbonyl (C=O) groups excluding carboxylic acids is 1. The molecule has 2 aromatic rings. The van der Waals surface area contributed by atoms with Gasteiger partial charge >= 0.3 is 5.97 Å². The molecule has 5 nitrogen and oxygen atoms in total. The molecule has 5 rings (SSSR count). The van der Waals surface area contributed by atoms with E-state index in [-0.39, 0.29) is 29.8 Å². The monoisotopic (exact) mass is 350 g/mol. The molecule has 0 aromatic heterocycles. The number of hydrogen-bond donors (Lipinski definition) is 2. The molecule has 1 saturated heterocycles. The number of likely N-dealkylation sites (tertiary alicyclic amines) is 1. The van der Waals surface area contributed by atoms with Crippen LogP contribution in [0.15, 0.2) is 42.5 Å². The van der Waals surface area contributed by atoms with E-state index in [2.05, 4.69) is 22.3 Å². The Labute approximate surface area is 152 Å². The number of anilines is 1. The van der Waals surface area contributed by atoms with E-state index in [9.17, 15) is 9.90 Å². The number of ether oxygens (including phenoxy) is 1. The maximum absolute atomic E-state index is 12.4. The summed E-state index contributed by atoms with van der Waals surface area (Å²) in [6.07, 6.45) is 2.13. The van der Waals surface area contributed by atoms with Crippen LogP contribution < -0.4 is 5.32 Å². The fourth-order valence-corrected chi connectivity index (χ4v) is 4.68. The summed E-state index contributed by atoms with van der Waals surface area (Å²) in [4.78, 5) is 14.9. The lowest BCUT2D eigenvalue weighted by atomic mass is 9.85. The van der Waals surface area contributed by atoms with Crippen LogP contribution in [0.4, 0.5) is 5.69 Å². The number of rotatable bonds is 3. The number of cyclic esters (lactones) is 1. The lowest BCUT2D eigenvalue weighted by molar-refractivity contribution is 0.0306. The predicted octanol–water partition coefficient (Wildman–Crippen LogP) is 3.28. The lowest BCUT2D eigenvalue weighted by Crippen LogP contribution is -2.37. The third-order valence-corrected chi connectivity index (χ3v) is 5.87. The smallest absolute Gasteiger partial charge is 0.339 e. The van der Waals surface area contributed by atoms with Gasteiger partial charge < -0.3 is 20.1 Å². The summed E-state index contributed by atoms with van der Waals surface area (Å²) in [5.41, 5.74) is 3.67. The first kappa shape index (κ1) is 15.7. The number of esters is 1. The number of hydrogen-bond acceptors (Lipinski definition) is 5. The van der Waals surface area contributed by atoms with Gasteiger partial charge in [0.2, 0.25) is 0 Å². The number of phenolic OH excluding ortho intramolecular Hbond substituents is 1. The van der Waals surface area contributed by atoms with Crippen LogP contribution >= 0.6 is 0 Å². The average molecular weight is 350 g/mol. The molecule has 134 valence electrons. The number of aromatic hydroxyl groups is 1. The molecule has 26 heavy (non-hydrogen) atoms. The fourth-order valence-electron chi connectivity index (χ4n) is 4.68. The van der Waals surface area contributed by atoms with Gasteiger partial charge in [0, 0.05) is 29.8 Å². The Bertz CT molecular complexity index is 860. The van der Waals surface area contributed by atoms with E-state index in [4.69, 9.17) is 4.74 Å². The summed E-state index contributed by atoms with van der Waals surface area (Å²) in [7, 11) is 0. The average Bonchev–Trinajstić information content (AvgIpc) is 3.33. The minimum atomic E-state index is -0.367. The van der Waals surface area contributed by atoms with Crippen molar-refractivity contribution in [3.63, 3.8) is 0 Å². The highest BCUT2D eigenvalue weighted by Gasteiger charge is 2.45. The van der Waals surface area contributed by atoms with Gasteiger partial charge in [-0.2, -0.15) is 0 Å². The van der Waals surface area contributed by atoms with Crippen molar-refractivity contribution in [2.75, 3.05) is 25.0 Å². The van der Waals surface area contributed by atoms with Gasteiger partial charge in [0.25, 0.3) is 0 Å². The van der Waals surface area contributed by atoms with Gasteiger partial charge in [-0.15, -0.1) is 0 Å². The molecule has 0 amide bonds. The third-order valence-electron chi connectivity index (χ3n) is 5.87. The second kappa shape index (κ2) is 6.02. The maximum Gasteiger partial charge on any atom is 0.339 e. The number of carbonyl (C=O) groups is 1. The maximum atomic E-state index is 12.4. The van der Waals surface area contributed by atoms with Crippen LogP contribution in [-0.2, 0) is 4.74 Å². The number of phenols is 1. The van der Waals surface area contributed by atoms with E-state index < -0.39 is 0 Å². The van der Waals surface area contributed by atoms with Crippen molar-refractivity contribution in [3.05, 3.63) is 59.2 Å². The molecule has 3 aliphatic rings. The Morgan fingerprint density at radius 2 is 1.92 bits per heavy atom. The van der Waals surface area contributed by atoms with Gasteiger partial charge in [0.15, 0.2) is 0 Å². The van der Waals surface area contributed by atoms with Gasteiger partial charge in [-0.25, -0.2) is 4.79 Å². The third kappa shape index (κ3) is 2.46. The Morgan fingerprint density at radius 1 is 1.12 bits per heavy atom. The number of benzene rings is 2. The largest absolute Gasteiger partial charge is 0.508 e. The highest BCUT2D eigenvalue weighted by Crippen LogP contribution is 2.49. The summed E-state index contributed by atoms with van der Waals surface area (Å²) in [5.74, 6) is -0.0875. The lowest BCUT2D eigenvalue weighted by Gasteiger charge is -2.29. The molecule has 0 radical (unpaired) electrons. The van der Waals surface area contributed by atoms with E-state index in [1.807, 2.05) is 12.1 Å². The molecule has 3 aliphatic heterocycles. The van der Waals surface area contributed by atoms with Crippen LogP contribution in [0.1, 0.15) is 46.3 Å². The zero-order valence-corrected chi connectivity index (χ0v) is 14.5. The first-order valence-electron chi connectivity index (χ1n) is 9.32. The number of nitrogens with zero attached hydrogens (tertiary/aromatic N) is 1. The van der Waals surface area contributed by atoms with Crippen molar-refractivity contribution in [2.45, 2.75) is 30.9 Å². The Hall–Kier alpha value is -2.53. The van der Waals surface area contributed by atoms with E-state index in [0.29, 0.717) is 5.56 Å². The SMILES string of the molecule is O=C1OC(C2c3ccccc3NC2CN2CCCC2)c2cc(O)ccc21. The standard InChI is InChI=1S/C21H22N2O3/c24-13-7-8-14-16(11-13)20(26-21(14)25)19-15-5-1-2-6-17(15)22-18(19)12-23-9-3-4-10-23/h1-2,5-8,11,18-20,22,24H,3-4,9-10,12H2. The van der Waals surface area contributed by atoms with Gasteiger partial charge in [-0.3, -0.25) is 0 Å². The number of nitrogens with one attached hydrogen (secondary N) is 1. The van der Waals surface area contributed by atoms with Crippen molar-refractivity contribution in [3.8, 4) is 5.75 Å². The van der Waals surface area contributed by atoms with Crippen molar-refractivity contribution >= 4 is 11.7 Å². The fraction of sp³-hybridized carbons (Fsp3) is 0.381. The molecule has 5 heteroatoms. The highest BCUT2D eigenvalue weighted by molar-refractivity contribution is 5.94. The van der Waals surface area contributed by atoms with Gasteiger partial charge in [-0.05, 0) is 55.8 Å². The number of fused-ring (bicyclic) bond motifs is 2. The normalized spacial score (nSPS) is 27.1. The first-order chi connectivity index (χ1) is 12.7. The quantitative estimate of drug-likeness (QED) is 0.832. The van der Waals surface area contributed by atoms with Crippen molar-refractivity contribution in [1.82, 2.24) is 4.90 Å². The topological polar surface area (TPSA) is 61.8 Å². The van der Waals surface area contributed by atoms with Gasteiger partial charge in [-0.1, -0.05) is 18.2 Å². The van der Waals surface area contributed by atoms with Crippen LogP contribution in [0, 0.1) is 0 Å². The van der Waals surface area contributed by atoms with Crippen LogP contribution in [0.5, 0.6) is 5.75 Å². The van der Waals surface area contributed by atoms with Crippen LogP contribution in [0.25, 0.3) is 0 Å². The van der Waals surface area contributed by atoms with Gasteiger partial charge in [0.05, 0.1) is 5.56 Å². The molecule has 2 aromatic carbocycles. The zero-order valence-electron chi connectivity index (χ0n) is 14.5. The van der Waals surface area contributed by atoms with Gasteiger partial charge in [0.1, 0.15) is 11.9 Å². The minimum absolute atomic E-state index is 0.0406. The second-order valence-electron chi connectivity index (χ2n) is 7.47. The van der Waals surface area contributed by atoms with Crippen LogP contribution in [0.3, 0.4) is 0 Å². The van der Waals surface area contributed by atoms with E-state index >= 15 is 0 Å². The molecule has 1 fully saturated rings. The molecule has 3 unspecified atom stereocenters. The summed E-state index contributed by atoms with van der Waals surface area (Å²) >= 11 is 0. The van der Waals surface area contributed by atoms with E-state index in [1.54, 1.807) is 18.2 Å². The number of para-hydroxylation sites is 1. The Morgan fingerprint density at radius 3 is 2.77 bits per heavy atom. The molecule has 0 bridgehead atoms. The van der Waals surface area contributed by atoms with Crippen LogP contribution in [0.2, 0.25) is 0 Å². The molecular formula is C21H22N2O3. The molecular weight excluding hydrogens is 328 g/mol. The summed E-state index contributed by atoms with van der Waals surface area (Å²) in [6.45, 7) is 3.19. The van der Waals surface area contributed by atoms with E-state index in [0.717, 1.165) is 30.9 Å².